The van der Waals surface area contributed by atoms with E-state index in [1.54, 1.807) is 12.4 Å². The number of fused-ring (bicyclic) bond motifs is 6. The molecule has 7 rings (SSSR count). The fraction of sp³-hybridized carbons (Fsp3) is 0.609. The summed E-state index contributed by atoms with van der Waals surface area (Å²) in [5.74, 6) is 0.258. The Hall–Kier alpha value is -2.25. The van der Waals surface area contributed by atoms with Gasteiger partial charge in [0.05, 0.1) is 36.7 Å². The van der Waals surface area contributed by atoms with Crippen molar-refractivity contribution < 1.29 is 19.1 Å². The summed E-state index contributed by atoms with van der Waals surface area (Å²) in [6, 6.07) is 3.85. The molecule has 7 heterocycles. The number of likely N-dealkylation sites (tertiary alicyclic amines) is 2. The highest BCUT2D eigenvalue weighted by Crippen LogP contribution is 2.54. The number of ether oxygens (including phenoxy) is 2. The molecule has 1 aromatic heterocycles. The van der Waals surface area contributed by atoms with E-state index in [9.17, 15) is 9.59 Å². The van der Waals surface area contributed by atoms with Crippen molar-refractivity contribution in [1.82, 2.24) is 14.8 Å². The fourth-order valence-corrected chi connectivity index (χ4v) is 7.06. The minimum Gasteiger partial charge on any atom is -0.374 e. The Morgan fingerprint density at radius 3 is 2.77 bits per heavy atom. The van der Waals surface area contributed by atoms with Crippen LogP contribution in [0.4, 0.5) is 0 Å². The van der Waals surface area contributed by atoms with Crippen molar-refractivity contribution in [3.05, 3.63) is 42.2 Å². The van der Waals surface area contributed by atoms with Crippen LogP contribution in [0.2, 0.25) is 0 Å². The molecule has 4 bridgehead atoms. The Balaban J connectivity index is 1.14. The largest absolute Gasteiger partial charge is 0.374 e. The van der Waals surface area contributed by atoms with Gasteiger partial charge in [-0.2, -0.15) is 0 Å². The van der Waals surface area contributed by atoms with E-state index in [0.717, 1.165) is 31.5 Å². The maximum absolute atomic E-state index is 13.6. The predicted octanol–water partition coefficient (Wildman–Crippen LogP) is 0.999. The Bertz CT molecular complexity index is 933. The van der Waals surface area contributed by atoms with E-state index in [0.29, 0.717) is 37.1 Å². The Morgan fingerprint density at radius 2 is 2.03 bits per heavy atom. The molecule has 0 radical (unpaired) electrons. The van der Waals surface area contributed by atoms with Crippen molar-refractivity contribution in [2.45, 2.75) is 43.3 Å². The molecule has 0 aromatic carbocycles. The standard InChI is InChI=1S/C23H25N3O4/c27-21(25-10-14-15(11-25)17-4-3-16(14)29-17)19-18-5-6-23(30-18)12-26(22(28)20(19)23)9-13-2-1-7-24-8-13/h1-2,5-8,14-20H,3-4,9-12H2/t14-,15+,16+,17-,18-,19-,20-,23-/m0/s1. The molecule has 0 saturated carbocycles. The number of amides is 2. The first-order chi connectivity index (χ1) is 14.6. The van der Waals surface area contributed by atoms with Crippen molar-refractivity contribution in [3.63, 3.8) is 0 Å². The molecule has 30 heavy (non-hydrogen) atoms. The van der Waals surface area contributed by atoms with Gasteiger partial charge in [0.2, 0.25) is 11.8 Å². The number of nitrogens with zero attached hydrogens (tertiary/aromatic N) is 3. The molecule has 156 valence electrons. The zero-order valence-electron chi connectivity index (χ0n) is 16.7. The zero-order valence-corrected chi connectivity index (χ0v) is 16.7. The summed E-state index contributed by atoms with van der Waals surface area (Å²) in [6.07, 6.45) is 10.2. The van der Waals surface area contributed by atoms with Crippen LogP contribution in [0.1, 0.15) is 18.4 Å². The van der Waals surface area contributed by atoms with Crippen LogP contribution in [-0.2, 0) is 25.6 Å². The first-order valence-corrected chi connectivity index (χ1v) is 11.1. The molecule has 7 nitrogen and oxygen atoms in total. The van der Waals surface area contributed by atoms with Crippen LogP contribution in [-0.4, -0.2) is 70.1 Å². The Kier molecular flexibility index (Phi) is 3.44. The molecular weight excluding hydrogens is 382 g/mol. The molecule has 5 saturated heterocycles. The Morgan fingerprint density at radius 1 is 1.23 bits per heavy atom. The lowest BCUT2D eigenvalue weighted by atomic mass is 9.76. The third kappa shape index (κ3) is 2.20. The van der Waals surface area contributed by atoms with Gasteiger partial charge in [-0.3, -0.25) is 14.6 Å². The van der Waals surface area contributed by atoms with Crippen LogP contribution in [0.15, 0.2) is 36.7 Å². The van der Waals surface area contributed by atoms with E-state index in [1.165, 1.54) is 0 Å². The quantitative estimate of drug-likeness (QED) is 0.699. The second-order valence-corrected chi connectivity index (χ2v) is 9.82. The van der Waals surface area contributed by atoms with Gasteiger partial charge in [-0.25, -0.2) is 0 Å². The van der Waals surface area contributed by atoms with E-state index in [-0.39, 0.29) is 17.9 Å². The van der Waals surface area contributed by atoms with Gasteiger partial charge in [0.25, 0.3) is 0 Å². The van der Waals surface area contributed by atoms with Crippen molar-refractivity contribution in [2.75, 3.05) is 19.6 Å². The van der Waals surface area contributed by atoms with Crippen LogP contribution >= 0.6 is 0 Å². The van der Waals surface area contributed by atoms with Gasteiger partial charge in [-0.1, -0.05) is 18.2 Å². The van der Waals surface area contributed by atoms with E-state index in [4.69, 9.17) is 9.47 Å². The average Bonchev–Trinajstić information content (AvgIpc) is 3.56. The maximum atomic E-state index is 13.6. The summed E-state index contributed by atoms with van der Waals surface area (Å²) in [6.45, 7) is 2.55. The summed E-state index contributed by atoms with van der Waals surface area (Å²) in [4.78, 5) is 35.1. The minimum absolute atomic E-state index is 0.0341. The first kappa shape index (κ1) is 17.4. The van der Waals surface area contributed by atoms with Gasteiger partial charge >= 0.3 is 0 Å². The van der Waals surface area contributed by atoms with Gasteiger partial charge in [-0.15, -0.1) is 0 Å². The number of pyridine rings is 1. The number of hydrogen-bond acceptors (Lipinski definition) is 5. The average molecular weight is 407 g/mol. The lowest BCUT2D eigenvalue weighted by Crippen LogP contribution is -2.45. The maximum Gasteiger partial charge on any atom is 0.230 e. The van der Waals surface area contributed by atoms with Gasteiger partial charge < -0.3 is 19.3 Å². The van der Waals surface area contributed by atoms with Gasteiger partial charge in [0, 0.05) is 43.9 Å². The molecule has 6 aliphatic heterocycles. The summed E-state index contributed by atoms with van der Waals surface area (Å²) in [7, 11) is 0. The van der Waals surface area contributed by atoms with Crippen LogP contribution in [0.5, 0.6) is 0 Å². The third-order valence-electron chi connectivity index (χ3n) is 8.32. The van der Waals surface area contributed by atoms with E-state index in [2.05, 4.69) is 4.98 Å². The summed E-state index contributed by atoms with van der Waals surface area (Å²) >= 11 is 0. The zero-order chi connectivity index (χ0) is 20.0. The number of carbonyl (C=O) groups excluding carboxylic acids is 2. The summed E-state index contributed by atoms with van der Waals surface area (Å²) in [5.41, 5.74) is 0.341. The molecule has 8 atom stereocenters. The molecule has 0 unspecified atom stereocenters. The second kappa shape index (κ2) is 5.92. The molecule has 1 aromatic rings. The Labute approximate surface area is 175 Å². The SMILES string of the molecule is O=C([C@H]1[C@@H]2C=C[C@@]3(CN(Cc4cccnc4)C(=O)[C@H]13)O2)N1C[C@@H]2[C@H](C1)[C@H]1CC[C@@H]2O1. The van der Waals surface area contributed by atoms with Crippen LogP contribution < -0.4 is 0 Å². The highest BCUT2D eigenvalue weighted by atomic mass is 16.5. The van der Waals surface area contributed by atoms with E-state index in [1.807, 2.05) is 34.1 Å². The smallest absolute Gasteiger partial charge is 0.230 e. The second-order valence-electron chi connectivity index (χ2n) is 9.82. The molecule has 0 N–H and O–H groups in total. The van der Waals surface area contributed by atoms with Gasteiger partial charge in [0.1, 0.15) is 5.60 Å². The van der Waals surface area contributed by atoms with Gasteiger partial charge in [0.15, 0.2) is 0 Å². The highest BCUT2D eigenvalue weighted by Gasteiger charge is 2.67. The molecular formula is C23H25N3O4. The minimum atomic E-state index is -0.651. The normalized spacial score (nSPS) is 44.9. The van der Waals surface area contributed by atoms with Crippen molar-refractivity contribution in [1.29, 1.82) is 0 Å². The predicted molar refractivity (Wildman–Crippen MR) is 105 cm³/mol. The van der Waals surface area contributed by atoms with Crippen molar-refractivity contribution >= 4 is 11.8 Å². The summed E-state index contributed by atoms with van der Waals surface area (Å²) in [5, 5.41) is 0. The molecule has 2 amide bonds. The number of hydrogen-bond donors (Lipinski definition) is 0. The molecule has 7 heteroatoms. The fourth-order valence-electron chi connectivity index (χ4n) is 7.06. The molecule has 1 spiro atoms. The molecule has 6 aliphatic rings. The lowest BCUT2D eigenvalue weighted by Gasteiger charge is -2.28. The first-order valence-electron chi connectivity index (χ1n) is 11.1. The monoisotopic (exact) mass is 407 g/mol. The van der Waals surface area contributed by atoms with Crippen molar-refractivity contribution in [2.24, 2.45) is 23.7 Å². The molecule has 5 fully saturated rings. The third-order valence-corrected chi connectivity index (χ3v) is 8.32. The van der Waals surface area contributed by atoms with Crippen LogP contribution in [0.3, 0.4) is 0 Å². The number of aromatic nitrogens is 1. The topological polar surface area (TPSA) is 72.0 Å². The van der Waals surface area contributed by atoms with E-state index >= 15 is 0 Å². The van der Waals surface area contributed by atoms with Crippen LogP contribution in [0.25, 0.3) is 0 Å². The summed E-state index contributed by atoms with van der Waals surface area (Å²) < 4.78 is 12.4. The molecule has 0 aliphatic carbocycles. The van der Waals surface area contributed by atoms with Crippen molar-refractivity contribution in [3.8, 4) is 0 Å². The van der Waals surface area contributed by atoms with Gasteiger partial charge in [-0.05, 0) is 24.5 Å². The number of rotatable bonds is 3. The lowest BCUT2D eigenvalue weighted by molar-refractivity contribution is -0.143. The van der Waals surface area contributed by atoms with E-state index < -0.39 is 17.4 Å². The number of carbonyl (C=O) groups is 2. The highest BCUT2D eigenvalue weighted by molar-refractivity contribution is 5.93. The van der Waals surface area contributed by atoms with Crippen LogP contribution in [0, 0.1) is 23.7 Å².